The van der Waals surface area contributed by atoms with E-state index in [1.807, 2.05) is 7.05 Å². The van der Waals surface area contributed by atoms with Crippen LogP contribution >= 0.6 is 11.8 Å². The first-order valence-corrected chi connectivity index (χ1v) is 5.35. The summed E-state index contributed by atoms with van der Waals surface area (Å²) >= 11 is 1.57. The summed E-state index contributed by atoms with van der Waals surface area (Å²) in [5, 5.41) is 4.19. The van der Waals surface area contributed by atoms with Crippen LogP contribution in [0.5, 0.6) is 0 Å². The van der Waals surface area contributed by atoms with E-state index in [0.29, 0.717) is 0 Å². The molecule has 5 heteroatoms. The Morgan fingerprint density at radius 1 is 1.69 bits per heavy atom. The van der Waals surface area contributed by atoms with Crippen molar-refractivity contribution in [3.63, 3.8) is 0 Å². The highest BCUT2D eigenvalue weighted by molar-refractivity contribution is 8.14. The van der Waals surface area contributed by atoms with Crippen LogP contribution in [0.2, 0.25) is 0 Å². The van der Waals surface area contributed by atoms with Gasteiger partial charge in [-0.05, 0) is 6.42 Å². The van der Waals surface area contributed by atoms with Gasteiger partial charge in [0.25, 0.3) is 0 Å². The van der Waals surface area contributed by atoms with Crippen LogP contribution in [0.3, 0.4) is 0 Å². The second-order valence-corrected chi connectivity index (χ2v) is 4.46. The summed E-state index contributed by atoms with van der Waals surface area (Å²) in [5.41, 5.74) is 0. The number of amides is 1. The molecule has 1 unspecified atom stereocenters. The fourth-order valence-electron chi connectivity index (χ4n) is 1.49. The highest BCUT2D eigenvalue weighted by Crippen LogP contribution is 2.24. The Morgan fingerprint density at radius 3 is 3.08 bits per heavy atom. The summed E-state index contributed by atoms with van der Waals surface area (Å²) in [6.07, 6.45) is 0.945. The van der Waals surface area contributed by atoms with Crippen LogP contribution in [0.25, 0.3) is 0 Å². The molecule has 2 heterocycles. The molecule has 2 aliphatic rings. The SMILES string of the molecule is CN1CCC(SC2=NCCN2)C1=O. The van der Waals surface area contributed by atoms with Gasteiger partial charge in [-0.1, -0.05) is 11.8 Å². The molecule has 72 valence electrons. The van der Waals surface area contributed by atoms with Crippen LogP contribution in [-0.4, -0.2) is 47.9 Å². The molecule has 0 aromatic rings. The van der Waals surface area contributed by atoms with Crippen molar-refractivity contribution in [1.29, 1.82) is 0 Å². The molecular weight excluding hydrogens is 186 g/mol. The van der Waals surface area contributed by atoms with Gasteiger partial charge in [0, 0.05) is 20.1 Å². The minimum Gasteiger partial charge on any atom is -0.363 e. The Kier molecular flexibility index (Phi) is 2.44. The van der Waals surface area contributed by atoms with Gasteiger partial charge >= 0.3 is 0 Å². The molecule has 0 aromatic heterocycles. The molecule has 0 radical (unpaired) electrons. The third-order valence-corrected chi connectivity index (χ3v) is 3.49. The lowest BCUT2D eigenvalue weighted by Gasteiger charge is -2.09. The van der Waals surface area contributed by atoms with Gasteiger partial charge in [-0.15, -0.1) is 0 Å². The smallest absolute Gasteiger partial charge is 0.235 e. The maximum Gasteiger partial charge on any atom is 0.235 e. The Hall–Kier alpha value is -0.710. The van der Waals surface area contributed by atoms with Crippen LogP contribution < -0.4 is 5.32 Å². The summed E-state index contributed by atoms with van der Waals surface area (Å²) < 4.78 is 0. The average Bonchev–Trinajstić information content (AvgIpc) is 2.71. The van der Waals surface area contributed by atoms with Crippen molar-refractivity contribution in [3.05, 3.63) is 0 Å². The summed E-state index contributed by atoms with van der Waals surface area (Å²) in [5.74, 6) is 0.237. The molecule has 1 amide bonds. The molecular formula is C8H13N3OS. The van der Waals surface area contributed by atoms with E-state index in [4.69, 9.17) is 0 Å². The lowest BCUT2D eigenvalue weighted by molar-refractivity contribution is -0.126. The summed E-state index contributed by atoms with van der Waals surface area (Å²) in [7, 11) is 1.85. The number of aliphatic imine (C=N–C) groups is 1. The van der Waals surface area contributed by atoms with Gasteiger partial charge in [-0.2, -0.15) is 0 Å². The minimum atomic E-state index is 0.0920. The number of nitrogens with one attached hydrogen (secondary N) is 1. The molecule has 1 fully saturated rings. The van der Waals surface area contributed by atoms with Gasteiger partial charge in [0.2, 0.25) is 5.91 Å². The number of carbonyl (C=O) groups excluding carboxylic acids is 1. The van der Waals surface area contributed by atoms with Crippen molar-refractivity contribution in [2.45, 2.75) is 11.7 Å². The molecule has 1 saturated heterocycles. The molecule has 0 aromatic carbocycles. The molecule has 0 saturated carbocycles. The molecule has 1 N–H and O–H groups in total. The first-order chi connectivity index (χ1) is 6.27. The molecule has 0 aliphatic carbocycles. The Labute approximate surface area is 81.8 Å². The highest BCUT2D eigenvalue weighted by atomic mass is 32.2. The maximum absolute atomic E-state index is 11.5. The molecule has 2 aliphatic heterocycles. The van der Waals surface area contributed by atoms with Crippen molar-refractivity contribution in [3.8, 4) is 0 Å². The zero-order chi connectivity index (χ0) is 9.26. The summed E-state index contributed by atoms with van der Waals surface area (Å²) in [6.45, 7) is 2.64. The van der Waals surface area contributed by atoms with Crippen LogP contribution in [0.1, 0.15) is 6.42 Å². The molecule has 1 atom stereocenters. The number of amidine groups is 1. The van der Waals surface area contributed by atoms with E-state index in [1.165, 1.54) is 0 Å². The molecule has 4 nitrogen and oxygen atoms in total. The maximum atomic E-state index is 11.5. The highest BCUT2D eigenvalue weighted by Gasteiger charge is 2.31. The van der Waals surface area contributed by atoms with Gasteiger partial charge in [-0.25, -0.2) is 0 Å². The van der Waals surface area contributed by atoms with E-state index < -0.39 is 0 Å². The van der Waals surface area contributed by atoms with Crippen LogP contribution in [0.4, 0.5) is 0 Å². The zero-order valence-corrected chi connectivity index (χ0v) is 8.43. The lowest BCUT2D eigenvalue weighted by atomic mass is 10.4. The van der Waals surface area contributed by atoms with E-state index in [1.54, 1.807) is 16.7 Å². The predicted octanol–water partition coefficient (Wildman–Crippen LogP) is -0.0905. The van der Waals surface area contributed by atoms with Crippen molar-refractivity contribution < 1.29 is 4.79 Å². The quantitative estimate of drug-likeness (QED) is 0.642. The van der Waals surface area contributed by atoms with Gasteiger partial charge in [-0.3, -0.25) is 9.79 Å². The second-order valence-electron chi connectivity index (χ2n) is 3.27. The zero-order valence-electron chi connectivity index (χ0n) is 7.62. The third kappa shape index (κ3) is 1.80. The number of hydrogen-bond donors (Lipinski definition) is 1. The number of hydrogen-bond acceptors (Lipinski definition) is 4. The summed E-state index contributed by atoms with van der Waals surface area (Å²) in [4.78, 5) is 17.6. The first kappa shape index (κ1) is 8.87. The van der Waals surface area contributed by atoms with Crippen molar-refractivity contribution in [2.75, 3.05) is 26.7 Å². The Balaban J connectivity index is 1.91. The molecule has 2 rings (SSSR count). The summed E-state index contributed by atoms with van der Waals surface area (Å²) in [6, 6.07) is 0. The van der Waals surface area contributed by atoms with Crippen LogP contribution in [-0.2, 0) is 4.79 Å². The molecule has 0 bridgehead atoms. The normalized spacial score (nSPS) is 27.8. The Morgan fingerprint density at radius 2 is 2.54 bits per heavy atom. The largest absolute Gasteiger partial charge is 0.363 e. The van der Waals surface area contributed by atoms with Gasteiger partial charge < -0.3 is 10.2 Å². The van der Waals surface area contributed by atoms with Crippen LogP contribution in [0.15, 0.2) is 4.99 Å². The fraction of sp³-hybridized carbons (Fsp3) is 0.750. The van der Waals surface area contributed by atoms with Crippen molar-refractivity contribution in [1.82, 2.24) is 10.2 Å². The predicted molar refractivity (Wildman–Crippen MR) is 53.9 cm³/mol. The lowest BCUT2D eigenvalue weighted by Crippen LogP contribution is -2.26. The third-order valence-electron chi connectivity index (χ3n) is 2.28. The van der Waals surface area contributed by atoms with E-state index in [9.17, 15) is 4.79 Å². The van der Waals surface area contributed by atoms with Gasteiger partial charge in [0.05, 0.1) is 11.8 Å². The monoisotopic (exact) mass is 199 g/mol. The second kappa shape index (κ2) is 3.57. The number of rotatable bonds is 1. The Bertz CT molecular complexity index is 254. The molecule has 13 heavy (non-hydrogen) atoms. The number of likely N-dealkylation sites (tertiary alicyclic amines) is 1. The van der Waals surface area contributed by atoms with E-state index >= 15 is 0 Å². The minimum absolute atomic E-state index is 0.0920. The van der Waals surface area contributed by atoms with E-state index in [-0.39, 0.29) is 11.2 Å². The molecule has 0 spiro atoms. The van der Waals surface area contributed by atoms with E-state index in [2.05, 4.69) is 10.3 Å². The first-order valence-electron chi connectivity index (χ1n) is 4.47. The number of carbonyl (C=O) groups is 1. The van der Waals surface area contributed by atoms with Gasteiger partial charge in [0.15, 0.2) is 5.17 Å². The van der Waals surface area contributed by atoms with Crippen LogP contribution in [0, 0.1) is 0 Å². The number of nitrogens with zero attached hydrogens (tertiary/aromatic N) is 2. The number of thioether (sulfide) groups is 1. The average molecular weight is 199 g/mol. The topological polar surface area (TPSA) is 44.7 Å². The van der Waals surface area contributed by atoms with E-state index in [0.717, 1.165) is 31.2 Å². The van der Waals surface area contributed by atoms with Gasteiger partial charge in [0.1, 0.15) is 0 Å². The fourth-order valence-corrected chi connectivity index (χ4v) is 2.61. The van der Waals surface area contributed by atoms with Crippen molar-refractivity contribution in [2.24, 2.45) is 4.99 Å². The van der Waals surface area contributed by atoms with Crippen molar-refractivity contribution >= 4 is 22.8 Å². The standard InChI is InChI=1S/C8H13N3OS/c1-11-5-2-6(7(11)12)13-8-9-3-4-10-8/h6H,2-5H2,1H3,(H,9,10).